The molecule has 0 bridgehead atoms. The number of aliphatic imine (C=N–C) groups is 1. The first-order valence-corrected chi connectivity index (χ1v) is 8.22. The molecule has 0 amide bonds. The van der Waals surface area contributed by atoms with E-state index < -0.39 is 0 Å². The van der Waals surface area contributed by atoms with E-state index in [0.29, 0.717) is 17.9 Å². The van der Waals surface area contributed by atoms with Gasteiger partial charge >= 0.3 is 5.97 Å². The third-order valence-corrected chi connectivity index (χ3v) is 4.44. The van der Waals surface area contributed by atoms with Gasteiger partial charge in [-0.05, 0) is 24.6 Å². The van der Waals surface area contributed by atoms with Crippen molar-refractivity contribution in [3.8, 4) is 0 Å². The quantitative estimate of drug-likeness (QED) is 0.636. The molecular formula is C18H17NO2S. The van der Waals surface area contributed by atoms with Crippen molar-refractivity contribution in [3.63, 3.8) is 0 Å². The molecule has 2 aromatic rings. The maximum Gasteiger partial charge on any atom is 0.338 e. The Morgan fingerprint density at radius 2 is 2.09 bits per heavy atom. The number of carbonyl (C=O) groups is 1. The van der Waals surface area contributed by atoms with Gasteiger partial charge in [-0.3, -0.25) is 4.99 Å². The molecule has 3 nitrogen and oxygen atoms in total. The predicted molar refractivity (Wildman–Crippen MR) is 90.6 cm³/mol. The van der Waals surface area contributed by atoms with E-state index >= 15 is 0 Å². The predicted octanol–water partition coefficient (Wildman–Crippen LogP) is 3.85. The average Bonchev–Trinajstić information content (AvgIpc) is 2.95. The van der Waals surface area contributed by atoms with Gasteiger partial charge in [-0.2, -0.15) is 0 Å². The highest BCUT2D eigenvalue weighted by molar-refractivity contribution is 8.14. The molecular weight excluding hydrogens is 294 g/mol. The Bertz CT molecular complexity index is 725. The van der Waals surface area contributed by atoms with Crippen LogP contribution in [-0.4, -0.2) is 23.4 Å². The Hall–Kier alpha value is -2.07. The first-order valence-electron chi connectivity index (χ1n) is 7.23. The van der Waals surface area contributed by atoms with Gasteiger partial charge in [-0.25, -0.2) is 4.79 Å². The molecule has 0 radical (unpaired) electrons. The molecule has 1 aliphatic heterocycles. The molecule has 3 rings (SSSR count). The number of esters is 1. The summed E-state index contributed by atoms with van der Waals surface area (Å²) in [5.74, 6) is 0.447. The zero-order valence-corrected chi connectivity index (χ0v) is 13.2. The van der Waals surface area contributed by atoms with Crippen LogP contribution in [0.25, 0.3) is 0 Å². The number of fused-ring (bicyclic) bond motifs is 1. The summed E-state index contributed by atoms with van der Waals surface area (Å²) in [5.41, 5.74) is 4.13. The topological polar surface area (TPSA) is 38.7 Å². The summed E-state index contributed by atoms with van der Waals surface area (Å²) in [5, 5.41) is 1.04. The third kappa shape index (κ3) is 3.39. The van der Waals surface area contributed by atoms with Gasteiger partial charge < -0.3 is 4.74 Å². The number of ether oxygens (including phenoxy) is 1. The highest BCUT2D eigenvalue weighted by atomic mass is 32.2. The summed E-state index contributed by atoms with van der Waals surface area (Å²) in [4.78, 5) is 16.5. The zero-order chi connectivity index (χ0) is 15.4. The van der Waals surface area contributed by atoms with Crippen LogP contribution in [0.15, 0.2) is 53.5 Å². The largest absolute Gasteiger partial charge is 0.461 e. The molecule has 0 aromatic heterocycles. The van der Waals surface area contributed by atoms with Gasteiger partial charge in [0.25, 0.3) is 0 Å². The van der Waals surface area contributed by atoms with Gasteiger partial charge in [0, 0.05) is 11.3 Å². The number of carbonyl (C=O) groups excluding carboxylic acids is 1. The van der Waals surface area contributed by atoms with E-state index in [9.17, 15) is 4.79 Å². The molecule has 1 heterocycles. The maximum atomic E-state index is 11.9. The number of thioether (sulfide) groups is 1. The Balaban J connectivity index is 1.48. The Morgan fingerprint density at radius 3 is 2.95 bits per heavy atom. The van der Waals surface area contributed by atoms with Crippen LogP contribution < -0.4 is 0 Å². The first-order chi connectivity index (χ1) is 10.7. The summed E-state index contributed by atoms with van der Waals surface area (Å²) >= 11 is 1.64. The molecule has 22 heavy (non-hydrogen) atoms. The van der Waals surface area contributed by atoms with Crippen molar-refractivity contribution < 1.29 is 9.53 Å². The molecule has 0 saturated heterocycles. The van der Waals surface area contributed by atoms with Crippen LogP contribution >= 0.6 is 11.8 Å². The molecule has 0 aliphatic carbocycles. The van der Waals surface area contributed by atoms with Crippen molar-refractivity contribution in [2.45, 2.75) is 13.5 Å². The molecule has 0 unspecified atom stereocenters. The van der Waals surface area contributed by atoms with Gasteiger partial charge in [0.1, 0.15) is 6.61 Å². The number of aryl methyl sites for hydroxylation is 1. The summed E-state index contributed by atoms with van der Waals surface area (Å²) in [6, 6.07) is 15.7. The zero-order valence-electron chi connectivity index (χ0n) is 12.4. The summed E-state index contributed by atoms with van der Waals surface area (Å²) in [6.07, 6.45) is 0. The summed E-state index contributed by atoms with van der Waals surface area (Å²) in [6.45, 7) is 3.10. The number of hydrogen-bond donors (Lipinski definition) is 0. The van der Waals surface area contributed by atoms with Crippen LogP contribution in [0.5, 0.6) is 0 Å². The molecule has 0 saturated carbocycles. The standard InChI is InChI=1S/C18H17NO2S/c1-13-5-4-7-14(11-13)18(20)21-9-10-22-17-16-8-3-2-6-15(16)12-19-17/h2-8,11H,9-10,12H2,1H3. The molecule has 0 spiro atoms. The number of benzene rings is 2. The van der Waals surface area contributed by atoms with E-state index in [2.05, 4.69) is 17.1 Å². The molecule has 0 atom stereocenters. The van der Waals surface area contributed by atoms with Crippen molar-refractivity contribution in [1.29, 1.82) is 0 Å². The van der Waals surface area contributed by atoms with E-state index in [4.69, 9.17) is 4.74 Å². The molecule has 112 valence electrons. The second-order valence-electron chi connectivity index (χ2n) is 5.13. The Labute approximate surface area is 134 Å². The molecule has 0 fully saturated rings. The minimum Gasteiger partial charge on any atom is -0.461 e. The molecule has 2 aromatic carbocycles. The smallest absolute Gasteiger partial charge is 0.338 e. The lowest BCUT2D eigenvalue weighted by Gasteiger charge is -2.06. The minimum atomic E-state index is -0.266. The third-order valence-electron chi connectivity index (χ3n) is 3.45. The van der Waals surface area contributed by atoms with Gasteiger partial charge in [-0.15, -0.1) is 11.8 Å². The first kappa shape index (κ1) is 14.9. The van der Waals surface area contributed by atoms with Crippen molar-refractivity contribution >= 4 is 22.8 Å². The highest BCUT2D eigenvalue weighted by Crippen LogP contribution is 2.24. The van der Waals surface area contributed by atoms with Crippen LogP contribution in [0.4, 0.5) is 0 Å². The second kappa shape index (κ2) is 6.79. The number of rotatable bonds is 4. The normalized spacial score (nSPS) is 12.7. The van der Waals surface area contributed by atoms with E-state index in [-0.39, 0.29) is 5.97 Å². The van der Waals surface area contributed by atoms with Crippen molar-refractivity contribution in [2.24, 2.45) is 4.99 Å². The molecule has 1 aliphatic rings. The number of nitrogens with zero attached hydrogens (tertiary/aromatic N) is 1. The van der Waals surface area contributed by atoms with Crippen molar-refractivity contribution in [2.75, 3.05) is 12.4 Å². The van der Waals surface area contributed by atoms with Gasteiger partial charge in [0.15, 0.2) is 0 Å². The minimum absolute atomic E-state index is 0.266. The summed E-state index contributed by atoms with van der Waals surface area (Å²) in [7, 11) is 0. The highest BCUT2D eigenvalue weighted by Gasteiger charge is 2.15. The lowest BCUT2D eigenvalue weighted by Crippen LogP contribution is -2.09. The van der Waals surface area contributed by atoms with Crippen LogP contribution in [-0.2, 0) is 11.3 Å². The monoisotopic (exact) mass is 311 g/mol. The molecule has 4 heteroatoms. The summed E-state index contributed by atoms with van der Waals surface area (Å²) < 4.78 is 5.32. The lowest BCUT2D eigenvalue weighted by molar-refractivity contribution is 0.0530. The van der Waals surface area contributed by atoms with E-state index in [1.807, 2.05) is 37.3 Å². The maximum absolute atomic E-state index is 11.9. The van der Waals surface area contributed by atoms with E-state index in [1.54, 1.807) is 17.8 Å². The second-order valence-corrected chi connectivity index (χ2v) is 6.22. The van der Waals surface area contributed by atoms with Gasteiger partial charge in [0.2, 0.25) is 0 Å². The van der Waals surface area contributed by atoms with Crippen LogP contribution in [0, 0.1) is 6.92 Å². The van der Waals surface area contributed by atoms with E-state index in [0.717, 1.165) is 17.2 Å². The fourth-order valence-corrected chi connectivity index (χ4v) is 3.23. The van der Waals surface area contributed by atoms with E-state index in [1.165, 1.54) is 11.1 Å². The fraction of sp³-hybridized carbons (Fsp3) is 0.222. The SMILES string of the molecule is Cc1cccc(C(=O)OCCSC2=NCc3ccccc32)c1. The van der Waals surface area contributed by atoms with Crippen molar-refractivity contribution in [3.05, 3.63) is 70.8 Å². The van der Waals surface area contributed by atoms with Crippen LogP contribution in [0.1, 0.15) is 27.0 Å². The van der Waals surface area contributed by atoms with Crippen LogP contribution in [0.2, 0.25) is 0 Å². The van der Waals surface area contributed by atoms with Crippen LogP contribution in [0.3, 0.4) is 0 Å². The lowest BCUT2D eigenvalue weighted by atomic mass is 10.1. The van der Waals surface area contributed by atoms with Gasteiger partial charge in [0.05, 0.1) is 17.2 Å². The average molecular weight is 311 g/mol. The molecule has 0 N–H and O–H groups in total. The fourth-order valence-electron chi connectivity index (χ4n) is 2.36. The van der Waals surface area contributed by atoms with Crippen molar-refractivity contribution in [1.82, 2.24) is 0 Å². The number of hydrogen-bond acceptors (Lipinski definition) is 4. The van der Waals surface area contributed by atoms with Gasteiger partial charge in [-0.1, -0.05) is 42.0 Å². The Kier molecular flexibility index (Phi) is 4.59. The Morgan fingerprint density at radius 1 is 1.23 bits per heavy atom.